The van der Waals surface area contributed by atoms with Crippen LogP contribution in [-0.2, 0) is 41.7 Å². The largest absolute Gasteiger partial charge is 0.480 e. The lowest BCUT2D eigenvalue weighted by atomic mass is 10.0. The lowest BCUT2D eigenvalue weighted by Gasteiger charge is -2.31. The van der Waals surface area contributed by atoms with Gasteiger partial charge in [0.1, 0.15) is 23.8 Å². The number of rotatable bonds is 8. The van der Waals surface area contributed by atoms with Crippen LogP contribution in [0.3, 0.4) is 0 Å². The van der Waals surface area contributed by atoms with Gasteiger partial charge < -0.3 is 36.0 Å². The van der Waals surface area contributed by atoms with Crippen molar-refractivity contribution in [1.29, 1.82) is 0 Å². The van der Waals surface area contributed by atoms with Crippen molar-refractivity contribution in [2.75, 3.05) is 20.2 Å². The molecule has 0 aliphatic carbocycles. The van der Waals surface area contributed by atoms with Crippen molar-refractivity contribution >= 4 is 29.6 Å². The smallest absolute Gasteiger partial charge is 0.328 e. The number of carbonyl (C=O) groups is 5. The molecule has 238 valence electrons. The summed E-state index contributed by atoms with van der Waals surface area (Å²) in [6, 6.07) is 3.53. The van der Waals surface area contributed by atoms with E-state index in [2.05, 4.69) is 31.6 Å². The van der Waals surface area contributed by atoms with Crippen LogP contribution in [0, 0.1) is 5.92 Å². The van der Waals surface area contributed by atoms with Crippen LogP contribution in [0.25, 0.3) is 0 Å². The molecular formula is C29H40N8O7. The number of carboxylic acid groups (broad SMARTS) is 1. The van der Waals surface area contributed by atoms with Crippen LogP contribution in [0.15, 0.2) is 36.5 Å². The van der Waals surface area contributed by atoms with Crippen molar-refractivity contribution in [2.45, 2.75) is 76.5 Å². The number of likely N-dealkylation sites (tertiary alicyclic amines) is 1. The molecule has 0 radical (unpaired) electrons. The topological polar surface area (TPSA) is 197 Å². The van der Waals surface area contributed by atoms with Gasteiger partial charge in [0.15, 0.2) is 6.04 Å². The van der Waals surface area contributed by atoms with Crippen LogP contribution < -0.4 is 21.3 Å². The normalized spacial score (nSPS) is 24.0. The molecule has 5 N–H and O–H groups in total. The summed E-state index contributed by atoms with van der Waals surface area (Å²) < 4.78 is 7.11. The molecule has 3 heterocycles. The number of ether oxygens (including phenoxy) is 1. The molecule has 1 aromatic carbocycles. The van der Waals surface area contributed by atoms with Crippen LogP contribution in [0.2, 0.25) is 0 Å². The van der Waals surface area contributed by atoms with Gasteiger partial charge in [-0.3, -0.25) is 19.2 Å². The second-order valence-electron chi connectivity index (χ2n) is 11.5. The van der Waals surface area contributed by atoms with Crippen molar-refractivity contribution in [2.24, 2.45) is 5.92 Å². The molecule has 15 nitrogen and oxygen atoms in total. The number of hydrogen-bond acceptors (Lipinski definition) is 9. The predicted molar refractivity (Wildman–Crippen MR) is 156 cm³/mol. The van der Waals surface area contributed by atoms with Gasteiger partial charge in [0.25, 0.3) is 0 Å². The zero-order valence-corrected chi connectivity index (χ0v) is 25.2. The van der Waals surface area contributed by atoms with Gasteiger partial charge in [-0.25, -0.2) is 9.48 Å². The monoisotopic (exact) mass is 612 g/mol. The van der Waals surface area contributed by atoms with Crippen LogP contribution in [-0.4, -0.2) is 105 Å². The highest BCUT2D eigenvalue weighted by Gasteiger charge is 2.45. The third-order valence-corrected chi connectivity index (χ3v) is 7.92. The molecule has 4 bridgehead atoms. The Morgan fingerprint density at radius 3 is 2.50 bits per heavy atom. The number of fused-ring (bicyclic) bond motifs is 5. The van der Waals surface area contributed by atoms with Gasteiger partial charge in [0.05, 0.1) is 31.5 Å². The van der Waals surface area contributed by atoms with Crippen LogP contribution in [0.1, 0.15) is 44.5 Å². The maximum atomic E-state index is 14.0. The van der Waals surface area contributed by atoms with Gasteiger partial charge >= 0.3 is 5.97 Å². The Hall–Kier alpha value is -4.37. The number of benzene rings is 1. The van der Waals surface area contributed by atoms with E-state index in [-0.39, 0.29) is 44.4 Å². The standard InChI is InChI=1S/C29H40N8O7/c1-16(2)24(33-25(38)17(3)30-4)28(41)36-13-20-11-23(36)27(40)31-21(10-18-8-6-5-7-9-18)26(39)32-22(29(42)43)15-44-14-19-12-37(20)35-34-19/h5-9,12,16-17,20-24,30H,10-11,13-15H2,1-4H3,(H,31,40)(H,32,39)(H,33,38)(H,42,43). The van der Waals surface area contributed by atoms with Crippen LogP contribution in [0.4, 0.5) is 0 Å². The summed E-state index contributed by atoms with van der Waals surface area (Å²) in [7, 11) is 1.64. The number of nitrogens with zero attached hydrogens (tertiary/aromatic N) is 4. The van der Waals surface area contributed by atoms with Crippen LogP contribution >= 0.6 is 0 Å². The van der Waals surface area contributed by atoms with E-state index >= 15 is 0 Å². The molecule has 2 aromatic rings. The van der Waals surface area contributed by atoms with Gasteiger partial charge in [0, 0.05) is 19.4 Å². The van der Waals surface area contributed by atoms with E-state index in [0.29, 0.717) is 5.69 Å². The number of amides is 4. The summed E-state index contributed by atoms with van der Waals surface area (Å²) in [6.07, 6.45) is 1.87. The molecule has 2 aliphatic heterocycles. The first-order valence-electron chi connectivity index (χ1n) is 14.6. The first kappa shape index (κ1) is 32.5. The summed E-state index contributed by atoms with van der Waals surface area (Å²) in [5.74, 6) is -3.71. The molecule has 44 heavy (non-hydrogen) atoms. The Kier molecular flexibility index (Phi) is 10.7. The number of aromatic nitrogens is 3. The van der Waals surface area contributed by atoms with E-state index in [1.54, 1.807) is 63.0 Å². The summed E-state index contributed by atoms with van der Waals surface area (Å²) in [5, 5.41) is 28.9. The van der Waals surface area contributed by atoms with Crippen molar-refractivity contribution in [1.82, 2.24) is 41.2 Å². The fraction of sp³-hybridized carbons (Fsp3) is 0.552. The Bertz CT molecular complexity index is 1350. The third kappa shape index (κ3) is 7.77. The molecule has 6 atom stereocenters. The van der Waals surface area contributed by atoms with E-state index in [0.717, 1.165) is 5.56 Å². The van der Waals surface area contributed by atoms with Crippen molar-refractivity contribution in [3.8, 4) is 0 Å². The Morgan fingerprint density at radius 2 is 1.84 bits per heavy atom. The SMILES string of the molecule is CNC(C)C(=O)NC(C(=O)N1CC2CC1C(=O)NC(Cc1ccccc1)C(=O)NC(C(=O)O)COCc1cn2nn1)C(C)C. The van der Waals surface area contributed by atoms with E-state index in [9.17, 15) is 29.1 Å². The predicted octanol–water partition coefficient (Wildman–Crippen LogP) is -1.00. The first-order valence-corrected chi connectivity index (χ1v) is 14.6. The molecule has 4 rings (SSSR count). The van der Waals surface area contributed by atoms with E-state index < -0.39 is 59.9 Å². The quantitative estimate of drug-likeness (QED) is 0.246. The fourth-order valence-corrected chi connectivity index (χ4v) is 5.21. The number of aliphatic carboxylic acids is 1. The minimum Gasteiger partial charge on any atom is -0.480 e. The molecule has 1 fully saturated rings. The number of carboxylic acids is 1. The number of hydrogen-bond donors (Lipinski definition) is 5. The Morgan fingerprint density at radius 1 is 1.11 bits per heavy atom. The molecule has 0 spiro atoms. The van der Waals surface area contributed by atoms with Gasteiger partial charge in [-0.2, -0.15) is 0 Å². The van der Waals surface area contributed by atoms with E-state index in [4.69, 9.17) is 4.74 Å². The molecule has 4 amide bonds. The second kappa shape index (κ2) is 14.4. The molecule has 0 saturated carbocycles. The molecule has 15 heteroatoms. The minimum atomic E-state index is -1.39. The van der Waals surface area contributed by atoms with E-state index in [1.807, 2.05) is 6.07 Å². The highest BCUT2D eigenvalue weighted by Crippen LogP contribution is 2.29. The maximum Gasteiger partial charge on any atom is 0.328 e. The maximum absolute atomic E-state index is 14.0. The summed E-state index contributed by atoms with van der Waals surface area (Å²) in [5.41, 5.74) is 1.15. The number of carbonyl (C=O) groups excluding carboxylic acids is 4. The number of likely N-dealkylation sites (N-methyl/N-ethyl adjacent to an activating group) is 1. The zero-order valence-electron chi connectivity index (χ0n) is 25.2. The molecule has 6 unspecified atom stereocenters. The summed E-state index contributed by atoms with van der Waals surface area (Å²) in [6.45, 7) is 5.00. The lowest BCUT2D eigenvalue weighted by Crippen LogP contribution is -2.59. The van der Waals surface area contributed by atoms with Crippen molar-refractivity contribution < 1.29 is 33.8 Å². The highest BCUT2D eigenvalue weighted by atomic mass is 16.5. The molecule has 1 aromatic heterocycles. The van der Waals surface area contributed by atoms with Gasteiger partial charge in [-0.05, 0) is 25.5 Å². The fourth-order valence-electron chi connectivity index (χ4n) is 5.21. The van der Waals surface area contributed by atoms with Crippen molar-refractivity contribution in [3.63, 3.8) is 0 Å². The van der Waals surface area contributed by atoms with Crippen LogP contribution in [0.5, 0.6) is 0 Å². The van der Waals surface area contributed by atoms with Gasteiger partial charge in [-0.15, -0.1) is 5.10 Å². The molecular weight excluding hydrogens is 572 g/mol. The summed E-state index contributed by atoms with van der Waals surface area (Å²) >= 11 is 0. The van der Waals surface area contributed by atoms with Gasteiger partial charge in [0.2, 0.25) is 23.6 Å². The molecule has 1 saturated heterocycles. The third-order valence-electron chi connectivity index (χ3n) is 7.92. The van der Waals surface area contributed by atoms with E-state index in [1.165, 1.54) is 4.90 Å². The van der Waals surface area contributed by atoms with Gasteiger partial charge in [-0.1, -0.05) is 49.4 Å². The first-order chi connectivity index (χ1) is 21.0. The highest BCUT2D eigenvalue weighted by molar-refractivity contribution is 5.96. The Balaban J connectivity index is 1.68. The molecule has 2 aliphatic rings. The number of nitrogens with one attached hydrogen (secondary N) is 4. The Labute approximate surface area is 255 Å². The second-order valence-corrected chi connectivity index (χ2v) is 11.5. The zero-order chi connectivity index (χ0) is 32.0. The lowest BCUT2D eigenvalue weighted by molar-refractivity contribution is -0.145. The average molecular weight is 613 g/mol. The minimum absolute atomic E-state index is 0.0613. The van der Waals surface area contributed by atoms with Crippen molar-refractivity contribution in [3.05, 3.63) is 47.8 Å². The summed E-state index contributed by atoms with van der Waals surface area (Å²) in [4.78, 5) is 67.5. The average Bonchev–Trinajstić information content (AvgIpc) is 3.65.